The van der Waals surface area contributed by atoms with Crippen LogP contribution in [0.4, 0.5) is 5.69 Å². The molecule has 0 fully saturated rings. The van der Waals surface area contributed by atoms with Gasteiger partial charge in [0.05, 0.1) is 16.8 Å². The number of anilines is 1. The van der Waals surface area contributed by atoms with Crippen molar-refractivity contribution in [1.29, 1.82) is 0 Å². The number of rotatable bonds is 2. The topological polar surface area (TPSA) is 12.0 Å². The van der Waals surface area contributed by atoms with Gasteiger partial charge in [0, 0.05) is 4.88 Å². The van der Waals surface area contributed by atoms with Gasteiger partial charge in [-0.2, -0.15) is 0 Å². The van der Waals surface area contributed by atoms with E-state index in [1.54, 1.807) is 0 Å². The van der Waals surface area contributed by atoms with Gasteiger partial charge in [0.25, 0.3) is 0 Å². The zero-order valence-electron chi connectivity index (χ0n) is 10.4. The van der Waals surface area contributed by atoms with Crippen molar-refractivity contribution in [3.8, 4) is 0 Å². The molecule has 18 heavy (non-hydrogen) atoms. The Balaban J connectivity index is 1.88. The molecule has 0 saturated carbocycles. The molecule has 1 aliphatic carbocycles. The summed E-state index contributed by atoms with van der Waals surface area (Å²) in [7, 11) is 0. The van der Waals surface area contributed by atoms with Crippen molar-refractivity contribution in [2.24, 2.45) is 0 Å². The fourth-order valence-electron chi connectivity index (χ4n) is 2.58. The summed E-state index contributed by atoms with van der Waals surface area (Å²) < 4.78 is 0. The van der Waals surface area contributed by atoms with Gasteiger partial charge in [-0.15, -0.1) is 11.3 Å². The highest BCUT2D eigenvalue weighted by Crippen LogP contribution is 2.37. The Morgan fingerprint density at radius 2 is 2.22 bits per heavy atom. The Labute approximate surface area is 117 Å². The monoisotopic (exact) mass is 277 g/mol. The summed E-state index contributed by atoms with van der Waals surface area (Å²) in [6.45, 7) is 2.05. The Kier molecular flexibility index (Phi) is 3.31. The average Bonchev–Trinajstić information content (AvgIpc) is 2.84. The highest BCUT2D eigenvalue weighted by atomic mass is 35.5. The van der Waals surface area contributed by atoms with Gasteiger partial charge in [-0.3, -0.25) is 0 Å². The molecular formula is C15H16ClNS. The Hall–Kier alpha value is -0.990. The van der Waals surface area contributed by atoms with E-state index in [9.17, 15) is 0 Å². The van der Waals surface area contributed by atoms with E-state index < -0.39 is 0 Å². The van der Waals surface area contributed by atoms with Crippen LogP contribution >= 0.6 is 22.9 Å². The van der Waals surface area contributed by atoms with Gasteiger partial charge in [0.1, 0.15) is 0 Å². The van der Waals surface area contributed by atoms with E-state index in [4.69, 9.17) is 11.6 Å². The Morgan fingerprint density at radius 3 is 3.11 bits per heavy atom. The maximum Gasteiger partial charge on any atom is 0.0666 e. The molecule has 1 atom stereocenters. The number of nitrogens with one attached hydrogen (secondary N) is 1. The average molecular weight is 278 g/mol. The molecule has 2 aromatic rings. The molecule has 1 aromatic carbocycles. The van der Waals surface area contributed by atoms with Crippen LogP contribution in [0.5, 0.6) is 0 Å². The predicted molar refractivity (Wildman–Crippen MR) is 79.8 cm³/mol. The number of hydrogen-bond donors (Lipinski definition) is 1. The van der Waals surface area contributed by atoms with E-state index >= 15 is 0 Å². The summed E-state index contributed by atoms with van der Waals surface area (Å²) in [6.07, 6.45) is 3.68. The molecule has 3 rings (SSSR count). The molecule has 1 unspecified atom stereocenters. The van der Waals surface area contributed by atoms with E-state index in [2.05, 4.69) is 28.9 Å². The lowest BCUT2D eigenvalue weighted by Gasteiger charge is -2.25. The highest BCUT2D eigenvalue weighted by Gasteiger charge is 2.21. The van der Waals surface area contributed by atoms with Crippen LogP contribution in [0.2, 0.25) is 5.02 Å². The second kappa shape index (κ2) is 4.94. The Bertz CT molecular complexity index is 561. The van der Waals surface area contributed by atoms with Crippen LogP contribution < -0.4 is 5.32 Å². The summed E-state index contributed by atoms with van der Waals surface area (Å²) in [5, 5.41) is 6.65. The highest BCUT2D eigenvalue weighted by molar-refractivity contribution is 7.10. The third-order valence-corrected chi connectivity index (χ3v) is 5.07. The second-order valence-corrected chi connectivity index (χ2v) is 6.20. The minimum absolute atomic E-state index is 0.416. The molecule has 1 nitrogen and oxygen atoms in total. The fraction of sp³-hybridized carbons (Fsp3) is 0.333. The predicted octanol–water partition coefficient (Wildman–Crippen LogP) is 5.20. The van der Waals surface area contributed by atoms with Crippen molar-refractivity contribution in [3.05, 3.63) is 50.7 Å². The molecule has 0 bridgehead atoms. The lowest BCUT2D eigenvalue weighted by Crippen LogP contribution is -2.15. The number of hydrogen-bond acceptors (Lipinski definition) is 2. The normalized spacial score (nSPS) is 18.4. The van der Waals surface area contributed by atoms with Crippen LogP contribution in [0.1, 0.15) is 34.9 Å². The second-order valence-electron chi connectivity index (χ2n) is 4.82. The molecule has 1 aromatic heterocycles. The molecule has 0 radical (unpaired) electrons. The molecule has 3 heteroatoms. The molecule has 0 amide bonds. The molecule has 0 aliphatic heterocycles. The maximum atomic E-state index is 6.35. The van der Waals surface area contributed by atoms with Crippen molar-refractivity contribution >= 4 is 28.6 Å². The Morgan fingerprint density at radius 1 is 1.33 bits per heavy atom. The van der Waals surface area contributed by atoms with Crippen LogP contribution in [0.25, 0.3) is 0 Å². The first-order valence-electron chi connectivity index (χ1n) is 6.33. The van der Waals surface area contributed by atoms with Gasteiger partial charge in [-0.1, -0.05) is 23.7 Å². The number of fused-ring (bicyclic) bond motifs is 1. The number of thiophene rings is 1. The number of halogens is 1. The third kappa shape index (κ3) is 2.15. The molecule has 1 aliphatic rings. The molecule has 1 heterocycles. The van der Waals surface area contributed by atoms with Gasteiger partial charge < -0.3 is 5.32 Å². The molecular weight excluding hydrogens is 262 g/mol. The van der Waals surface area contributed by atoms with Crippen molar-refractivity contribution in [2.45, 2.75) is 32.2 Å². The van der Waals surface area contributed by atoms with Crippen molar-refractivity contribution in [2.75, 3.05) is 5.32 Å². The van der Waals surface area contributed by atoms with Gasteiger partial charge in [0.15, 0.2) is 0 Å². The molecule has 0 saturated heterocycles. The first kappa shape index (κ1) is 12.1. The lowest BCUT2D eigenvalue weighted by atomic mass is 9.94. The van der Waals surface area contributed by atoms with Crippen LogP contribution in [-0.4, -0.2) is 0 Å². The molecule has 1 N–H and O–H groups in total. The van der Waals surface area contributed by atoms with E-state index in [1.807, 2.05) is 24.3 Å². The maximum absolute atomic E-state index is 6.35. The van der Waals surface area contributed by atoms with E-state index in [0.29, 0.717) is 6.04 Å². The minimum Gasteiger partial charge on any atom is -0.377 e. The minimum atomic E-state index is 0.416. The largest absolute Gasteiger partial charge is 0.377 e. The number of aryl methyl sites for hydroxylation is 2. The first-order chi connectivity index (χ1) is 8.75. The SMILES string of the molecule is Cc1cccc(NC2CCCc3sccc32)c1Cl. The lowest BCUT2D eigenvalue weighted by molar-refractivity contribution is 0.609. The quantitative estimate of drug-likeness (QED) is 0.796. The van der Waals surface area contributed by atoms with E-state index in [-0.39, 0.29) is 0 Å². The van der Waals surface area contributed by atoms with Crippen LogP contribution in [0, 0.1) is 6.92 Å². The van der Waals surface area contributed by atoms with Gasteiger partial charge in [0.2, 0.25) is 0 Å². The van der Waals surface area contributed by atoms with Gasteiger partial charge in [-0.25, -0.2) is 0 Å². The zero-order chi connectivity index (χ0) is 12.5. The van der Waals surface area contributed by atoms with E-state index in [1.165, 1.54) is 29.7 Å². The molecule has 0 spiro atoms. The molecule has 94 valence electrons. The van der Waals surface area contributed by atoms with Crippen LogP contribution in [0.15, 0.2) is 29.6 Å². The van der Waals surface area contributed by atoms with Crippen molar-refractivity contribution < 1.29 is 0 Å². The fourth-order valence-corrected chi connectivity index (χ4v) is 3.75. The summed E-state index contributed by atoms with van der Waals surface area (Å²) in [6, 6.07) is 8.83. The number of benzene rings is 1. The third-order valence-electron chi connectivity index (χ3n) is 3.57. The van der Waals surface area contributed by atoms with Crippen molar-refractivity contribution in [3.63, 3.8) is 0 Å². The van der Waals surface area contributed by atoms with Crippen molar-refractivity contribution in [1.82, 2.24) is 0 Å². The summed E-state index contributed by atoms with van der Waals surface area (Å²) >= 11 is 8.23. The first-order valence-corrected chi connectivity index (χ1v) is 7.59. The summed E-state index contributed by atoms with van der Waals surface area (Å²) in [5.41, 5.74) is 3.65. The zero-order valence-corrected chi connectivity index (χ0v) is 11.9. The van der Waals surface area contributed by atoms with Crippen LogP contribution in [0.3, 0.4) is 0 Å². The smallest absolute Gasteiger partial charge is 0.0666 e. The van der Waals surface area contributed by atoms with Gasteiger partial charge >= 0.3 is 0 Å². The standard InChI is InChI=1S/C15H16ClNS/c1-10-4-2-6-13(15(10)16)17-12-5-3-7-14-11(12)8-9-18-14/h2,4,6,8-9,12,17H,3,5,7H2,1H3. The van der Waals surface area contributed by atoms with Crippen LogP contribution in [-0.2, 0) is 6.42 Å². The summed E-state index contributed by atoms with van der Waals surface area (Å²) in [5.74, 6) is 0. The summed E-state index contributed by atoms with van der Waals surface area (Å²) in [4.78, 5) is 1.53. The van der Waals surface area contributed by atoms with E-state index in [0.717, 1.165) is 16.3 Å². The van der Waals surface area contributed by atoms with Gasteiger partial charge in [-0.05, 0) is 54.8 Å².